The molecule has 1 fully saturated rings. The number of methoxy groups -OCH3 is 1. The van der Waals surface area contributed by atoms with Gasteiger partial charge in [0.25, 0.3) is 0 Å². The van der Waals surface area contributed by atoms with Crippen LogP contribution in [0.1, 0.15) is 0 Å². The smallest absolute Gasteiger partial charge is 0.350 e. The van der Waals surface area contributed by atoms with Crippen molar-refractivity contribution in [3.8, 4) is 11.4 Å². The molecule has 0 radical (unpaired) electrons. The minimum Gasteiger partial charge on any atom is -0.495 e. The standard InChI is InChI=1S/C21H25FN6O4S/c1-32-17-4-6-20(23-14-17)26-9-7-25(8-10-26)19-5-3-16(13-18(19)22)27-15-24-28(21(27)29)11-12-33(2,30)31/h3-6,13-15H,7-12H2,1-2H3. The number of benzene rings is 1. The molecule has 1 saturated heterocycles. The highest BCUT2D eigenvalue weighted by atomic mass is 32.2. The summed E-state index contributed by atoms with van der Waals surface area (Å²) in [5.74, 6) is 0.896. The maximum atomic E-state index is 15.0. The number of halogens is 1. The van der Waals surface area contributed by atoms with E-state index in [9.17, 15) is 17.6 Å². The molecule has 0 bridgehead atoms. The predicted molar refractivity (Wildman–Crippen MR) is 123 cm³/mol. The van der Waals surface area contributed by atoms with E-state index in [-0.39, 0.29) is 12.3 Å². The van der Waals surface area contributed by atoms with Crippen molar-refractivity contribution in [3.05, 3.63) is 59.2 Å². The zero-order chi connectivity index (χ0) is 23.6. The van der Waals surface area contributed by atoms with Gasteiger partial charge in [0, 0.05) is 38.5 Å². The number of anilines is 2. The van der Waals surface area contributed by atoms with Crippen LogP contribution in [-0.4, -0.2) is 73.0 Å². The second-order valence-electron chi connectivity index (χ2n) is 7.80. The Hall–Kier alpha value is -3.41. The highest BCUT2D eigenvalue weighted by molar-refractivity contribution is 7.90. The van der Waals surface area contributed by atoms with Crippen molar-refractivity contribution in [3.63, 3.8) is 0 Å². The van der Waals surface area contributed by atoms with Gasteiger partial charge in [-0.15, -0.1) is 0 Å². The van der Waals surface area contributed by atoms with Crippen LogP contribution in [0.25, 0.3) is 5.69 Å². The molecule has 0 amide bonds. The van der Waals surface area contributed by atoms with Crippen LogP contribution >= 0.6 is 0 Å². The van der Waals surface area contributed by atoms with E-state index in [1.165, 1.54) is 17.0 Å². The zero-order valence-corrected chi connectivity index (χ0v) is 19.2. The van der Waals surface area contributed by atoms with Gasteiger partial charge in [-0.25, -0.2) is 31.8 Å². The Bertz CT molecular complexity index is 1280. The first-order valence-electron chi connectivity index (χ1n) is 10.4. The van der Waals surface area contributed by atoms with Crippen LogP contribution < -0.4 is 20.2 Å². The Morgan fingerprint density at radius 2 is 1.82 bits per heavy atom. The fourth-order valence-electron chi connectivity index (χ4n) is 3.68. The molecule has 1 aliphatic rings. The molecule has 33 heavy (non-hydrogen) atoms. The number of aromatic nitrogens is 4. The minimum atomic E-state index is -3.23. The molecule has 4 rings (SSSR count). The fraction of sp³-hybridized carbons (Fsp3) is 0.381. The van der Waals surface area contributed by atoms with E-state index in [2.05, 4.69) is 15.0 Å². The molecule has 0 saturated carbocycles. The molecule has 3 heterocycles. The molecule has 0 atom stereocenters. The third-order valence-corrected chi connectivity index (χ3v) is 6.44. The first kappa shape index (κ1) is 22.8. The van der Waals surface area contributed by atoms with E-state index < -0.39 is 21.3 Å². The van der Waals surface area contributed by atoms with Gasteiger partial charge < -0.3 is 14.5 Å². The fourth-order valence-corrected chi connectivity index (χ4v) is 4.18. The second-order valence-corrected chi connectivity index (χ2v) is 10.1. The first-order chi connectivity index (χ1) is 15.7. The normalized spacial score (nSPS) is 14.5. The van der Waals surface area contributed by atoms with Crippen LogP contribution in [0.3, 0.4) is 0 Å². The SMILES string of the molecule is COc1ccc(N2CCN(c3ccc(-n4cnn(CCS(C)(=O)=O)c4=O)cc3F)CC2)nc1. The summed E-state index contributed by atoms with van der Waals surface area (Å²) in [5.41, 5.74) is 0.262. The van der Waals surface area contributed by atoms with Gasteiger partial charge in [-0.05, 0) is 24.3 Å². The average molecular weight is 477 g/mol. The molecular formula is C21H25FN6O4S. The number of rotatable bonds is 7. The molecule has 10 nitrogen and oxygen atoms in total. The lowest BCUT2D eigenvalue weighted by molar-refractivity contribution is 0.413. The summed E-state index contributed by atoms with van der Waals surface area (Å²) in [6.45, 7) is 2.55. The van der Waals surface area contributed by atoms with Crippen LogP contribution in [0.15, 0.2) is 47.7 Å². The van der Waals surface area contributed by atoms with Crippen molar-refractivity contribution < 1.29 is 17.5 Å². The summed E-state index contributed by atoms with van der Waals surface area (Å²) in [5, 5.41) is 3.94. The lowest BCUT2D eigenvalue weighted by atomic mass is 10.2. The molecule has 1 aliphatic heterocycles. The van der Waals surface area contributed by atoms with E-state index in [4.69, 9.17) is 4.74 Å². The summed E-state index contributed by atoms with van der Waals surface area (Å²) in [6.07, 6.45) is 4.03. The molecule has 0 N–H and O–H groups in total. The monoisotopic (exact) mass is 476 g/mol. The van der Waals surface area contributed by atoms with Crippen LogP contribution in [0.2, 0.25) is 0 Å². The summed E-state index contributed by atoms with van der Waals surface area (Å²) in [4.78, 5) is 21.0. The van der Waals surface area contributed by atoms with Gasteiger partial charge in [-0.1, -0.05) is 0 Å². The molecule has 176 valence electrons. The lowest BCUT2D eigenvalue weighted by Gasteiger charge is -2.36. The summed E-state index contributed by atoms with van der Waals surface area (Å²) < 4.78 is 45.0. The van der Waals surface area contributed by atoms with E-state index in [1.807, 2.05) is 17.0 Å². The highest BCUT2D eigenvalue weighted by Crippen LogP contribution is 2.24. The van der Waals surface area contributed by atoms with Crippen LogP contribution in [-0.2, 0) is 16.4 Å². The quantitative estimate of drug-likeness (QED) is 0.497. The lowest BCUT2D eigenvalue weighted by Crippen LogP contribution is -2.47. The summed E-state index contributed by atoms with van der Waals surface area (Å²) >= 11 is 0. The first-order valence-corrected chi connectivity index (χ1v) is 12.4. The van der Waals surface area contributed by atoms with E-state index in [0.29, 0.717) is 43.3 Å². The van der Waals surface area contributed by atoms with Crippen molar-refractivity contribution in [2.45, 2.75) is 6.54 Å². The molecule has 1 aromatic carbocycles. The topological polar surface area (TPSA) is 103 Å². The molecule has 3 aromatic rings. The Balaban J connectivity index is 1.44. The van der Waals surface area contributed by atoms with Crippen molar-refractivity contribution in [1.82, 2.24) is 19.3 Å². The van der Waals surface area contributed by atoms with Gasteiger partial charge in [0.15, 0.2) is 0 Å². The van der Waals surface area contributed by atoms with Gasteiger partial charge in [0.05, 0.1) is 37.0 Å². The number of sulfone groups is 1. The number of nitrogens with zero attached hydrogens (tertiary/aromatic N) is 6. The number of pyridine rings is 1. The molecule has 0 spiro atoms. The third-order valence-electron chi connectivity index (χ3n) is 5.52. The van der Waals surface area contributed by atoms with Gasteiger partial charge in [-0.2, -0.15) is 5.10 Å². The number of hydrogen-bond donors (Lipinski definition) is 0. The van der Waals surface area contributed by atoms with Crippen molar-refractivity contribution in [1.29, 1.82) is 0 Å². The Kier molecular flexibility index (Phi) is 6.36. The average Bonchev–Trinajstić information content (AvgIpc) is 3.17. The molecule has 0 unspecified atom stereocenters. The second kappa shape index (κ2) is 9.22. The van der Waals surface area contributed by atoms with Gasteiger partial charge >= 0.3 is 5.69 Å². The van der Waals surface area contributed by atoms with Crippen LogP contribution in [0.5, 0.6) is 5.75 Å². The summed E-state index contributed by atoms with van der Waals surface area (Å²) in [6, 6.07) is 8.35. The summed E-state index contributed by atoms with van der Waals surface area (Å²) in [7, 11) is -1.64. The zero-order valence-electron chi connectivity index (χ0n) is 18.4. The predicted octanol–water partition coefficient (Wildman–Crippen LogP) is 0.948. The van der Waals surface area contributed by atoms with Gasteiger partial charge in [0.2, 0.25) is 0 Å². The van der Waals surface area contributed by atoms with Crippen LogP contribution in [0, 0.1) is 5.82 Å². The van der Waals surface area contributed by atoms with Gasteiger partial charge in [0.1, 0.15) is 33.5 Å². The number of aryl methyl sites for hydroxylation is 1. The van der Waals surface area contributed by atoms with Crippen molar-refractivity contribution >= 4 is 21.3 Å². The molecule has 0 aliphatic carbocycles. The Morgan fingerprint density at radius 1 is 1.09 bits per heavy atom. The number of piperazine rings is 1. The van der Waals surface area contributed by atoms with Gasteiger partial charge in [-0.3, -0.25) is 0 Å². The minimum absolute atomic E-state index is 0.0570. The van der Waals surface area contributed by atoms with Crippen molar-refractivity contribution in [2.24, 2.45) is 0 Å². The molecule has 12 heteroatoms. The van der Waals surface area contributed by atoms with Crippen molar-refractivity contribution in [2.75, 3.05) is 55.1 Å². The van der Waals surface area contributed by atoms with E-state index in [0.717, 1.165) is 16.8 Å². The number of ether oxygens (including phenoxy) is 1. The maximum Gasteiger partial charge on any atom is 0.350 e. The largest absolute Gasteiger partial charge is 0.495 e. The number of hydrogen-bond acceptors (Lipinski definition) is 8. The highest BCUT2D eigenvalue weighted by Gasteiger charge is 2.21. The Morgan fingerprint density at radius 3 is 2.42 bits per heavy atom. The molecule has 2 aromatic heterocycles. The third kappa shape index (κ3) is 5.16. The Labute approximate surface area is 190 Å². The van der Waals surface area contributed by atoms with Crippen LogP contribution in [0.4, 0.5) is 15.9 Å². The van der Waals surface area contributed by atoms with E-state index in [1.54, 1.807) is 25.4 Å². The van der Waals surface area contributed by atoms with E-state index >= 15 is 0 Å². The maximum absolute atomic E-state index is 15.0. The molecular weight excluding hydrogens is 451 g/mol.